The highest BCUT2D eigenvalue weighted by atomic mass is 32.2. The molecule has 14 heavy (non-hydrogen) atoms. The van der Waals surface area contributed by atoms with Crippen LogP contribution in [0.25, 0.3) is 0 Å². The fraction of sp³-hybridized carbons (Fsp3) is 0.333. The average molecular weight is 210 g/mol. The molecule has 0 amide bonds. The number of thioether (sulfide) groups is 1. The molecule has 0 bridgehead atoms. The highest BCUT2D eigenvalue weighted by molar-refractivity contribution is 7.99. The molecular weight excluding hydrogens is 200 g/mol. The fourth-order valence-corrected chi connectivity index (χ4v) is 1.71. The van der Waals surface area contributed by atoms with E-state index in [9.17, 15) is 0 Å². The zero-order chi connectivity index (χ0) is 10.4. The van der Waals surface area contributed by atoms with Crippen molar-refractivity contribution in [1.82, 2.24) is 4.98 Å². The number of nitrogens with zero attached hydrogens (tertiary/aromatic N) is 2. The molecule has 1 heterocycles. The normalized spacial score (nSPS) is 12.1. The van der Waals surface area contributed by atoms with Gasteiger partial charge in [0.2, 0.25) is 0 Å². The number of rotatable bonds is 4. The molecule has 0 fully saturated rings. The maximum absolute atomic E-state index is 9.11. The van der Waals surface area contributed by atoms with E-state index in [0.29, 0.717) is 11.3 Å². The molecule has 0 aliphatic rings. The first-order valence-electron chi connectivity index (χ1n) is 4.03. The number of hydrogen-bond donors (Lipinski definition) is 2. The molecule has 0 aromatic carbocycles. The van der Waals surface area contributed by atoms with Crippen LogP contribution in [-0.2, 0) is 0 Å². The molecular formula is C9H10N2O2S. The van der Waals surface area contributed by atoms with Gasteiger partial charge in [-0.1, -0.05) is 0 Å². The lowest BCUT2D eigenvalue weighted by Gasteiger charge is -2.06. The quantitative estimate of drug-likeness (QED) is 0.703. The van der Waals surface area contributed by atoms with E-state index >= 15 is 0 Å². The summed E-state index contributed by atoms with van der Waals surface area (Å²) in [5, 5.41) is 26.4. The van der Waals surface area contributed by atoms with Gasteiger partial charge in [0.1, 0.15) is 6.07 Å². The van der Waals surface area contributed by atoms with E-state index in [-0.39, 0.29) is 6.61 Å². The van der Waals surface area contributed by atoms with Crippen molar-refractivity contribution in [3.05, 3.63) is 24.0 Å². The van der Waals surface area contributed by atoms with E-state index in [2.05, 4.69) is 4.98 Å². The third-order valence-corrected chi connectivity index (χ3v) is 2.73. The Kier molecular flexibility index (Phi) is 4.40. The van der Waals surface area contributed by atoms with Crippen LogP contribution in [0.2, 0.25) is 0 Å². The molecule has 0 spiro atoms. The van der Waals surface area contributed by atoms with Gasteiger partial charge in [0, 0.05) is 23.0 Å². The van der Waals surface area contributed by atoms with Crippen LogP contribution >= 0.6 is 11.8 Å². The summed E-state index contributed by atoms with van der Waals surface area (Å²) in [5.41, 5.74) is 0.537. The summed E-state index contributed by atoms with van der Waals surface area (Å²) >= 11 is 1.31. The lowest BCUT2D eigenvalue weighted by molar-refractivity contribution is 0.113. The van der Waals surface area contributed by atoms with Crippen molar-refractivity contribution in [2.24, 2.45) is 0 Å². The Hall–Kier alpha value is -1.09. The Labute approximate surface area is 86.2 Å². The number of hydrogen-bond acceptors (Lipinski definition) is 5. The third kappa shape index (κ3) is 3.00. The van der Waals surface area contributed by atoms with Crippen LogP contribution in [-0.4, -0.2) is 33.7 Å². The van der Waals surface area contributed by atoms with Crippen LogP contribution in [0.15, 0.2) is 23.4 Å². The zero-order valence-electron chi connectivity index (χ0n) is 7.42. The summed E-state index contributed by atoms with van der Waals surface area (Å²) in [4.78, 5) is 4.61. The van der Waals surface area contributed by atoms with Gasteiger partial charge >= 0.3 is 0 Å². The maximum Gasteiger partial charge on any atom is 0.100 e. The van der Waals surface area contributed by atoms with Crippen molar-refractivity contribution < 1.29 is 10.2 Å². The van der Waals surface area contributed by atoms with Crippen molar-refractivity contribution in [2.75, 3.05) is 12.4 Å². The summed E-state index contributed by atoms with van der Waals surface area (Å²) in [6.45, 7) is -0.269. The second-order valence-corrected chi connectivity index (χ2v) is 3.69. The van der Waals surface area contributed by atoms with Gasteiger partial charge in [-0.15, -0.1) is 11.8 Å². The monoisotopic (exact) mass is 210 g/mol. The predicted octanol–water partition coefficient (Wildman–Crippen LogP) is 0.399. The summed E-state index contributed by atoms with van der Waals surface area (Å²) in [6, 6.07) is 3.65. The zero-order valence-corrected chi connectivity index (χ0v) is 8.24. The summed E-state index contributed by atoms with van der Waals surface area (Å²) < 4.78 is 0. The summed E-state index contributed by atoms with van der Waals surface area (Å²) in [5.74, 6) is 0.358. The van der Waals surface area contributed by atoms with Crippen LogP contribution in [0, 0.1) is 11.3 Å². The fourth-order valence-electron chi connectivity index (χ4n) is 0.826. The first-order chi connectivity index (χ1) is 6.77. The number of aliphatic hydroxyl groups excluding tert-OH is 2. The molecule has 0 aliphatic carbocycles. The van der Waals surface area contributed by atoms with Gasteiger partial charge in [-0.3, -0.25) is 4.98 Å². The number of aliphatic hydroxyl groups is 2. The summed E-state index contributed by atoms with van der Waals surface area (Å²) in [7, 11) is 0. The molecule has 1 aromatic rings. The lowest BCUT2D eigenvalue weighted by Crippen LogP contribution is -2.14. The molecule has 0 saturated carbocycles. The SMILES string of the molecule is N#Cc1ccncc1SCC(O)CO. The first kappa shape index (κ1) is 11.0. The Morgan fingerprint density at radius 3 is 3.07 bits per heavy atom. The van der Waals surface area contributed by atoms with E-state index in [1.165, 1.54) is 11.8 Å². The number of aromatic nitrogens is 1. The van der Waals surface area contributed by atoms with E-state index in [0.717, 1.165) is 4.90 Å². The molecule has 0 radical (unpaired) electrons. The summed E-state index contributed by atoms with van der Waals surface area (Å²) in [6.07, 6.45) is 2.37. The topological polar surface area (TPSA) is 77.1 Å². The molecule has 2 N–H and O–H groups in total. The van der Waals surface area contributed by atoms with Gasteiger partial charge in [0.15, 0.2) is 0 Å². The van der Waals surface area contributed by atoms with Gasteiger partial charge < -0.3 is 10.2 Å². The van der Waals surface area contributed by atoms with Gasteiger partial charge in [0.25, 0.3) is 0 Å². The third-order valence-electron chi connectivity index (χ3n) is 1.55. The van der Waals surface area contributed by atoms with E-state index in [1.54, 1.807) is 18.5 Å². The average Bonchev–Trinajstić information content (AvgIpc) is 2.26. The molecule has 0 saturated heterocycles. The van der Waals surface area contributed by atoms with E-state index in [4.69, 9.17) is 15.5 Å². The van der Waals surface area contributed by atoms with Crippen molar-refractivity contribution in [3.8, 4) is 6.07 Å². The molecule has 1 aromatic heterocycles. The number of pyridine rings is 1. The van der Waals surface area contributed by atoms with Crippen molar-refractivity contribution in [1.29, 1.82) is 5.26 Å². The van der Waals surface area contributed by atoms with Gasteiger partial charge in [-0.25, -0.2) is 0 Å². The second-order valence-electron chi connectivity index (χ2n) is 2.63. The van der Waals surface area contributed by atoms with Gasteiger partial charge in [-0.2, -0.15) is 5.26 Å². The molecule has 4 nitrogen and oxygen atoms in total. The lowest BCUT2D eigenvalue weighted by atomic mass is 10.3. The van der Waals surface area contributed by atoms with Crippen LogP contribution in [0.1, 0.15) is 5.56 Å². The molecule has 1 unspecified atom stereocenters. The molecule has 1 rings (SSSR count). The van der Waals surface area contributed by atoms with Crippen molar-refractivity contribution >= 4 is 11.8 Å². The second kappa shape index (κ2) is 5.60. The highest BCUT2D eigenvalue weighted by Gasteiger charge is 2.06. The van der Waals surface area contributed by atoms with Gasteiger partial charge in [0.05, 0.1) is 18.3 Å². The molecule has 74 valence electrons. The van der Waals surface area contributed by atoms with Crippen molar-refractivity contribution in [3.63, 3.8) is 0 Å². The Balaban J connectivity index is 2.63. The van der Waals surface area contributed by atoms with Gasteiger partial charge in [-0.05, 0) is 6.07 Å². The standard InChI is InChI=1S/C9H10N2O2S/c10-3-7-1-2-11-4-9(7)14-6-8(13)5-12/h1-2,4,8,12-13H,5-6H2. The van der Waals surface area contributed by atoms with Crippen LogP contribution in [0.4, 0.5) is 0 Å². The van der Waals surface area contributed by atoms with Crippen LogP contribution < -0.4 is 0 Å². The van der Waals surface area contributed by atoms with E-state index < -0.39 is 6.10 Å². The molecule has 1 atom stereocenters. The minimum absolute atomic E-state index is 0.269. The molecule has 0 aliphatic heterocycles. The maximum atomic E-state index is 9.11. The van der Waals surface area contributed by atoms with Crippen LogP contribution in [0.5, 0.6) is 0 Å². The Bertz CT molecular complexity index is 338. The minimum atomic E-state index is -0.758. The smallest absolute Gasteiger partial charge is 0.100 e. The highest BCUT2D eigenvalue weighted by Crippen LogP contribution is 2.21. The Morgan fingerprint density at radius 1 is 1.64 bits per heavy atom. The predicted molar refractivity (Wildman–Crippen MR) is 52.8 cm³/mol. The Morgan fingerprint density at radius 2 is 2.43 bits per heavy atom. The largest absolute Gasteiger partial charge is 0.394 e. The molecule has 5 heteroatoms. The van der Waals surface area contributed by atoms with Crippen molar-refractivity contribution in [2.45, 2.75) is 11.0 Å². The number of nitriles is 1. The first-order valence-corrected chi connectivity index (χ1v) is 5.02. The van der Waals surface area contributed by atoms with Crippen LogP contribution in [0.3, 0.4) is 0 Å². The minimum Gasteiger partial charge on any atom is -0.394 e. The van der Waals surface area contributed by atoms with E-state index in [1.807, 2.05) is 6.07 Å².